The number of alkyl halides is 3. The van der Waals surface area contributed by atoms with Gasteiger partial charge in [0.25, 0.3) is 0 Å². The van der Waals surface area contributed by atoms with Crippen LogP contribution in [0.1, 0.15) is 23.5 Å². The Balaban J connectivity index is 1.69. The number of pyridine rings is 1. The molecule has 1 aliphatic rings. The van der Waals surface area contributed by atoms with Gasteiger partial charge in [0.05, 0.1) is 6.61 Å². The summed E-state index contributed by atoms with van der Waals surface area (Å²) in [7, 11) is 0. The summed E-state index contributed by atoms with van der Waals surface area (Å²) in [5.74, 6) is 4.85. The summed E-state index contributed by atoms with van der Waals surface area (Å²) in [5.41, 5.74) is 2.09. The van der Waals surface area contributed by atoms with E-state index in [1.54, 1.807) is 12.1 Å². The van der Waals surface area contributed by atoms with Crippen LogP contribution in [-0.2, 0) is 6.18 Å². The van der Waals surface area contributed by atoms with Crippen molar-refractivity contribution < 1.29 is 17.9 Å². The zero-order valence-electron chi connectivity index (χ0n) is 12.5. The van der Waals surface area contributed by atoms with E-state index in [0.717, 1.165) is 12.0 Å². The molecule has 2 atom stereocenters. The first-order chi connectivity index (χ1) is 11.4. The average molecular weight is 358 g/mol. The van der Waals surface area contributed by atoms with Crippen molar-refractivity contribution in [2.45, 2.75) is 18.5 Å². The lowest BCUT2D eigenvalue weighted by Gasteiger charge is -2.16. The number of hydrazine groups is 1. The molecule has 1 aromatic heterocycles. The van der Waals surface area contributed by atoms with Crippen molar-refractivity contribution >= 4 is 17.4 Å². The molecule has 4 nitrogen and oxygen atoms in total. The Morgan fingerprint density at radius 3 is 2.58 bits per heavy atom. The van der Waals surface area contributed by atoms with E-state index in [0.29, 0.717) is 5.02 Å². The zero-order valence-corrected chi connectivity index (χ0v) is 13.2. The Kier molecular flexibility index (Phi) is 4.56. The number of nitrogens with zero attached hydrogens (tertiary/aromatic N) is 1. The molecule has 3 N–H and O–H groups in total. The first-order valence-corrected chi connectivity index (χ1v) is 7.69. The molecule has 0 saturated heterocycles. The molecule has 1 fully saturated rings. The molecule has 1 saturated carbocycles. The summed E-state index contributed by atoms with van der Waals surface area (Å²) in [4.78, 5) is 3.59. The van der Waals surface area contributed by atoms with Crippen LogP contribution >= 0.6 is 11.6 Å². The van der Waals surface area contributed by atoms with E-state index in [9.17, 15) is 13.2 Å². The van der Waals surface area contributed by atoms with E-state index in [-0.39, 0.29) is 24.2 Å². The molecule has 0 spiro atoms. The van der Waals surface area contributed by atoms with Crippen molar-refractivity contribution in [1.29, 1.82) is 0 Å². The van der Waals surface area contributed by atoms with Gasteiger partial charge in [-0.05, 0) is 36.1 Å². The second-order valence-corrected chi connectivity index (χ2v) is 6.08. The highest BCUT2D eigenvalue weighted by Gasteiger charge is 2.41. The van der Waals surface area contributed by atoms with Crippen LogP contribution in [0.5, 0.6) is 5.75 Å². The predicted octanol–water partition coefficient (Wildman–Crippen LogP) is 4.22. The molecule has 0 bridgehead atoms. The van der Waals surface area contributed by atoms with Gasteiger partial charge in [-0.2, -0.15) is 13.2 Å². The minimum Gasteiger partial charge on any atom is -0.492 e. The smallest absolute Gasteiger partial charge is 0.423 e. The Morgan fingerprint density at radius 1 is 1.25 bits per heavy atom. The first kappa shape index (κ1) is 16.9. The maximum absolute atomic E-state index is 13.2. The topological polar surface area (TPSA) is 60.2 Å². The minimum atomic E-state index is -4.61. The molecule has 1 aliphatic carbocycles. The fourth-order valence-electron chi connectivity index (χ4n) is 2.69. The number of nitrogen functional groups attached to an aromatic ring is 1. The van der Waals surface area contributed by atoms with Gasteiger partial charge < -0.3 is 10.2 Å². The summed E-state index contributed by atoms with van der Waals surface area (Å²) in [5, 5.41) is 0.653. The number of ether oxygens (including phenoxy) is 1. The van der Waals surface area contributed by atoms with Gasteiger partial charge in [0, 0.05) is 17.1 Å². The lowest BCUT2D eigenvalue weighted by atomic mass is 10.1. The van der Waals surface area contributed by atoms with E-state index in [1.807, 2.05) is 17.6 Å². The van der Waals surface area contributed by atoms with Gasteiger partial charge in [-0.15, -0.1) is 0 Å². The molecule has 0 aliphatic heterocycles. The van der Waals surface area contributed by atoms with Crippen LogP contribution in [0.25, 0.3) is 0 Å². The lowest BCUT2D eigenvalue weighted by molar-refractivity contribution is -0.138. The van der Waals surface area contributed by atoms with Gasteiger partial charge in [-0.25, -0.2) is 10.8 Å². The number of hydrogen-bond donors (Lipinski definition) is 2. The summed E-state index contributed by atoms with van der Waals surface area (Å²) in [6, 6.07) is 8.66. The molecule has 1 heterocycles. The second kappa shape index (κ2) is 6.49. The van der Waals surface area contributed by atoms with Crippen LogP contribution in [0.3, 0.4) is 0 Å². The molecule has 1 aromatic carbocycles. The number of nitrogens with one attached hydrogen (secondary N) is 1. The van der Waals surface area contributed by atoms with Crippen LogP contribution in [0.15, 0.2) is 36.5 Å². The molecular weight excluding hydrogens is 343 g/mol. The van der Waals surface area contributed by atoms with Crippen molar-refractivity contribution in [3.8, 4) is 5.75 Å². The monoisotopic (exact) mass is 357 g/mol. The first-order valence-electron chi connectivity index (χ1n) is 7.31. The number of aromatic nitrogens is 1. The highest BCUT2D eigenvalue weighted by Crippen LogP contribution is 2.48. The van der Waals surface area contributed by atoms with Gasteiger partial charge in [0.2, 0.25) is 0 Å². The van der Waals surface area contributed by atoms with Gasteiger partial charge >= 0.3 is 6.18 Å². The standard InChI is InChI=1S/C16H15ClF3N3O/c17-11-3-1-9(2-4-11)12-7-10(12)8-24-13-5-6-22-15(23-21)14(13)16(18,19)20/h1-6,10,12H,7-8,21H2,(H,22,23)/t10-,12-/m1/s1. The minimum absolute atomic E-state index is 0.176. The van der Waals surface area contributed by atoms with Crippen LogP contribution < -0.4 is 16.0 Å². The molecular formula is C16H15ClF3N3O. The average Bonchev–Trinajstić information content (AvgIpc) is 3.32. The van der Waals surface area contributed by atoms with E-state index >= 15 is 0 Å². The lowest BCUT2D eigenvalue weighted by Crippen LogP contribution is -2.18. The van der Waals surface area contributed by atoms with Crippen molar-refractivity contribution in [3.05, 3.63) is 52.7 Å². The Morgan fingerprint density at radius 2 is 1.96 bits per heavy atom. The Hall–Kier alpha value is -1.99. The fourth-order valence-corrected chi connectivity index (χ4v) is 2.82. The van der Waals surface area contributed by atoms with Crippen molar-refractivity contribution in [3.63, 3.8) is 0 Å². The Labute approximate surface area is 141 Å². The van der Waals surface area contributed by atoms with Gasteiger partial charge in [-0.1, -0.05) is 23.7 Å². The summed E-state index contributed by atoms with van der Waals surface area (Å²) < 4.78 is 45.0. The number of anilines is 1. The highest BCUT2D eigenvalue weighted by atomic mass is 35.5. The van der Waals surface area contributed by atoms with Gasteiger partial charge in [-0.3, -0.25) is 0 Å². The van der Waals surface area contributed by atoms with E-state index < -0.39 is 17.6 Å². The van der Waals surface area contributed by atoms with Crippen LogP contribution in [-0.4, -0.2) is 11.6 Å². The summed E-state index contributed by atoms with van der Waals surface area (Å²) in [6.07, 6.45) is -2.51. The van der Waals surface area contributed by atoms with Gasteiger partial charge in [0.15, 0.2) is 5.82 Å². The zero-order chi connectivity index (χ0) is 17.3. The van der Waals surface area contributed by atoms with Crippen LogP contribution in [0, 0.1) is 5.92 Å². The third-order valence-electron chi connectivity index (χ3n) is 4.01. The van der Waals surface area contributed by atoms with Crippen molar-refractivity contribution in [2.24, 2.45) is 11.8 Å². The molecule has 8 heteroatoms. The molecule has 3 rings (SSSR count). The molecule has 0 radical (unpaired) electrons. The van der Waals surface area contributed by atoms with Crippen LogP contribution in [0.2, 0.25) is 5.02 Å². The van der Waals surface area contributed by atoms with E-state index in [2.05, 4.69) is 4.98 Å². The quantitative estimate of drug-likeness (QED) is 0.621. The molecule has 0 unspecified atom stereocenters. The van der Waals surface area contributed by atoms with Crippen LogP contribution in [0.4, 0.5) is 19.0 Å². The maximum Gasteiger partial charge on any atom is 0.423 e. The fraction of sp³-hybridized carbons (Fsp3) is 0.312. The number of hydrogen-bond acceptors (Lipinski definition) is 4. The molecule has 24 heavy (non-hydrogen) atoms. The number of halogens is 4. The SMILES string of the molecule is NNc1nccc(OC[C@H]2C[C@@H]2c2ccc(Cl)cc2)c1C(F)(F)F. The maximum atomic E-state index is 13.2. The third kappa shape index (κ3) is 3.57. The number of rotatable bonds is 5. The number of benzene rings is 1. The van der Waals surface area contributed by atoms with E-state index in [1.165, 1.54) is 12.3 Å². The van der Waals surface area contributed by atoms with E-state index in [4.69, 9.17) is 22.2 Å². The summed E-state index contributed by atoms with van der Waals surface area (Å²) in [6.45, 7) is 0.199. The highest BCUT2D eigenvalue weighted by molar-refractivity contribution is 6.30. The Bertz CT molecular complexity index is 721. The summed E-state index contributed by atoms with van der Waals surface area (Å²) >= 11 is 5.85. The van der Waals surface area contributed by atoms with Gasteiger partial charge in [0.1, 0.15) is 11.3 Å². The largest absolute Gasteiger partial charge is 0.492 e. The molecule has 128 valence electrons. The normalized spacial score (nSPS) is 19.9. The van der Waals surface area contributed by atoms with Crippen molar-refractivity contribution in [1.82, 2.24) is 4.98 Å². The van der Waals surface area contributed by atoms with Crippen molar-refractivity contribution in [2.75, 3.05) is 12.0 Å². The third-order valence-corrected chi connectivity index (χ3v) is 4.26. The molecule has 0 amide bonds. The number of nitrogens with two attached hydrogens (primary N) is 1. The molecule has 2 aromatic rings. The predicted molar refractivity (Wildman–Crippen MR) is 84.8 cm³/mol. The second-order valence-electron chi connectivity index (χ2n) is 5.64.